The van der Waals surface area contributed by atoms with E-state index in [2.05, 4.69) is 6.92 Å². The van der Waals surface area contributed by atoms with Crippen LogP contribution in [0.3, 0.4) is 0 Å². The lowest BCUT2D eigenvalue weighted by atomic mass is 9.75. The molecule has 1 N–H and O–H groups in total. The molecule has 0 aromatic heterocycles. The number of benzene rings is 1. The number of halogens is 1. The minimum atomic E-state index is -0.531. The smallest absolute Gasteiger partial charge is 0.0688 e. The normalized spacial score (nSPS) is 29.2. The number of aliphatic hydroxyl groups is 1. The molecule has 94 valence electrons. The maximum atomic E-state index is 10.6. The molecule has 1 fully saturated rings. The van der Waals surface area contributed by atoms with Crippen molar-refractivity contribution in [2.24, 2.45) is 5.92 Å². The summed E-state index contributed by atoms with van der Waals surface area (Å²) in [6.45, 7) is 2.24. The summed E-state index contributed by atoms with van der Waals surface area (Å²) in [6.07, 6.45) is 6.06. The van der Waals surface area contributed by atoms with Gasteiger partial charge in [0.25, 0.3) is 0 Å². The average Bonchev–Trinajstić information content (AvgIpc) is 2.33. The van der Waals surface area contributed by atoms with Gasteiger partial charge in [0, 0.05) is 11.4 Å². The number of hydrogen-bond donors (Lipinski definition) is 1. The van der Waals surface area contributed by atoms with E-state index in [0.29, 0.717) is 6.42 Å². The second-order valence-corrected chi connectivity index (χ2v) is 5.75. The standard InChI is InChI=1S/C15H21ClO/c1-2-12-7-9-15(17,10-8-12)11-13-5-3-4-6-14(13)16/h3-6,12,17H,2,7-11H2,1H3. The van der Waals surface area contributed by atoms with Crippen LogP contribution in [-0.4, -0.2) is 10.7 Å². The van der Waals surface area contributed by atoms with Gasteiger partial charge in [-0.3, -0.25) is 0 Å². The largest absolute Gasteiger partial charge is 0.390 e. The van der Waals surface area contributed by atoms with Gasteiger partial charge in [-0.2, -0.15) is 0 Å². The monoisotopic (exact) mass is 252 g/mol. The van der Waals surface area contributed by atoms with Crippen molar-refractivity contribution in [1.82, 2.24) is 0 Å². The van der Waals surface area contributed by atoms with Gasteiger partial charge in [-0.25, -0.2) is 0 Å². The Kier molecular flexibility index (Phi) is 4.11. The molecule has 2 heteroatoms. The van der Waals surface area contributed by atoms with E-state index in [0.717, 1.165) is 42.2 Å². The van der Waals surface area contributed by atoms with Gasteiger partial charge >= 0.3 is 0 Å². The molecule has 1 saturated carbocycles. The molecule has 1 aliphatic carbocycles. The lowest BCUT2D eigenvalue weighted by Crippen LogP contribution is -2.36. The Bertz CT molecular complexity index is 367. The van der Waals surface area contributed by atoms with Crippen LogP contribution in [0.25, 0.3) is 0 Å². The minimum absolute atomic E-state index is 0.531. The van der Waals surface area contributed by atoms with E-state index in [9.17, 15) is 5.11 Å². The molecule has 0 saturated heterocycles. The number of hydrogen-bond acceptors (Lipinski definition) is 1. The van der Waals surface area contributed by atoms with Gasteiger partial charge in [0.2, 0.25) is 0 Å². The van der Waals surface area contributed by atoms with Crippen molar-refractivity contribution in [2.75, 3.05) is 0 Å². The molecular formula is C15H21ClO. The van der Waals surface area contributed by atoms with Crippen molar-refractivity contribution in [2.45, 2.75) is 51.0 Å². The predicted octanol–water partition coefficient (Wildman–Crippen LogP) is 4.21. The molecule has 0 spiro atoms. The molecule has 2 rings (SSSR count). The fourth-order valence-electron chi connectivity index (χ4n) is 2.80. The van der Waals surface area contributed by atoms with E-state index in [-0.39, 0.29) is 0 Å². The van der Waals surface area contributed by atoms with Crippen molar-refractivity contribution < 1.29 is 5.11 Å². The summed E-state index contributed by atoms with van der Waals surface area (Å²) in [4.78, 5) is 0. The lowest BCUT2D eigenvalue weighted by molar-refractivity contribution is -0.00920. The van der Waals surface area contributed by atoms with Gasteiger partial charge in [-0.05, 0) is 43.2 Å². The van der Waals surface area contributed by atoms with E-state index < -0.39 is 5.60 Å². The fraction of sp³-hybridized carbons (Fsp3) is 0.600. The molecule has 0 aliphatic heterocycles. The Labute approximate surface area is 109 Å². The molecule has 0 atom stereocenters. The molecule has 0 heterocycles. The maximum absolute atomic E-state index is 10.6. The molecular weight excluding hydrogens is 232 g/mol. The first kappa shape index (κ1) is 12.9. The Balaban J connectivity index is 2.01. The fourth-order valence-corrected chi connectivity index (χ4v) is 3.00. The van der Waals surface area contributed by atoms with E-state index >= 15 is 0 Å². The third kappa shape index (κ3) is 3.23. The van der Waals surface area contributed by atoms with E-state index in [4.69, 9.17) is 11.6 Å². The summed E-state index contributed by atoms with van der Waals surface area (Å²) in [6, 6.07) is 7.84. The molecule has 0 radical (unpaired) electrons. The zero-order chi connectivity index (χ0) is 12.3. The van der Waals surface area contributed by atoms with E-state index in [1.54, 1.807) is 0 Å². The van der Waals surface area contributed by atoms with Crippen LogP contribution >= 0.6 is 11.6 Å². The maximum Gasteiger partial charge on any atom is 0.0688 e. The molecule has 1 aromatic carbocycles. The van der Waals surface area contributed by atoms with Gasteiger partial charge in [0.05, 0.1) is 5.60 Å². The molecule has 1 nitrogen and oxygen atoms in total. The van der Waals surface area contributed by atoms with E-state index in [1.807, 2.05) is 24.3 Å². The third-order valence-electron chi connectivity index (χ3n) is 4.09. The zero-order valence-electron chi connectivity index (χ0n) is 10.5. The second-order valence-electron chi connectivity index (χ2n) is 5.34. The van der Waals surface area contributed by atoms with Gasteiger partial charge in [-0.15, -0.1) is 0 Å². The van der Waals surface area contributed by atoms with Crippen molar-refractivity contribution in [3.63, 3.8) is 0 Å². The molecule has 1 aromatic rings. The molecule has 0 amide bonds. The van der Waals surface area contributed by atoms with Crippen LogP contribution in [0.5, 0.6) is 0 Å². The van der Waals surface area contributed by atoms with Gasteiger partial charge < -0.3 is 5.11 Å². The first-order chi connectivity index (χ1) is 8.13. The van der Waals surface area contributed by atoms with Gasteiger partial charge in [-0.1, -0.05) is 43.1 Å². The van der Waals surface area contributed by atoms with Crippen LogP contribution in [-0.2, 0) is 6.42 Å². The Morgan fingerprint density at radius 1 is 1.29 bits per heavy atom. The van der Waals surface area contributed by atoms with Gasteiger partial charge in [0.15, 0.2) is 0 Å². The van der Waals surface area contributed by atoms with Crippen LogP contribution in [0, 0.1) is 5.92 Å². The SMILES string of the molecule is CCC1CCC(O)(Cc2ccccc2Cl)CC1. The third-order valence-corrected chi connectivity index (χ3v) is 4.46. The first-order valence-corrected chi connectivity index (χ1v) is 6.96. The highest BCUT2D eigenvalue weighted by atomic mass is 35.5. The quantitative estimate of drug-likeness (QED) is 0.854. The van der Waals surface area contributed by atoms with Crippen LogP contribution in [0.4, 0.5) is 0 Å². The Hall–Kier alpha value is -0.530. The summed E-state index contributed by atoms with van der Waals surface area (Å²) in [5, 5.41) is 11.4. The highest BCUT2D eigenvalue weighted by Crippen LogP contribution is 2.36. The molecule has 0 bridgehead atoms. The Morgan fingerprint density at radius 3 is 2.53 bits per heavy atom. The zero-order valence-corrected chi connectivity index (χ0v) is 11.2. The van der Waals surface area contributed by atoms with Gasteiger partial charge in [0.1, 0.15) is 0 Å². The number of rotatable bonds is 3. The molecule has 17 heavy (non-hydrogen) atoms. The first-order valence-electron chi connectivity index (χ1n) is 6.59. The van der Waals surface area contributed by atoms with E-state index in [1.165, 1.54) is 6.42 Å². The molecule has 0 unspecified atom stereocenters. The minimum Gasteiger partial charge on any atom is -0.390 e. The summed E-state index contributed by atoms with van der Waals surface area (Å²) >= 11 is 6.15. The summed E-state index contributed by atoms with van der Waals surface area (Å²) in [5.41, 5.74) is 0.544. The second kappa shape index (κ2) is 5.41. The Morgan fingerprint density at radius 2 is 1.94 bits per heavy atom. The summed E-state index contributed by atoms with van der Waals surface area (Å²) in [5.74, 6) is 0.807. The summed E-state index contributed by atoms with van der Waals surface area (Å²) < 4.78 is 0. The summed E-state index contributed by atoms with van der Waals surface area (Å²) in [7, 11) is 0. The van der Waals surface area contributed by atoms with Crippen molar-refractivity contribution in [3.05, 3.63) is 34.9 Å². The topological polar surface area (TPSA) is 20.2 Å². The molecule has 1 aliphatic rings. The predicted molar refractivity (Wildman–Crippen MR) is 72.4 cm³/mol. The van der Waals surface area contributed by atoms with Crippen LogP contribution in [0.2, 0.25) is 5.02 Å². The van der Waals surface area contributed by atoms with Crippen molar-refractivity contribution in [3.8, 4) is 0 Å². The van der Waals surface area contributed by atoms with Crippen LogP contribution < -0.4 is 0 Å². The highest BCUT2D eigenvalue weighted by Gasteiger charge is 2.33. The van der Waals surface area contributed by atoms with Crippen molar-refractivity contribution >= 4 is 11.6 Å². The van der Waals surface area contributed by atoms with Crippen molar-refractivity contribution in [1.29, 1.82) is 0 Å². The average molecular weight is 253 g/mol. The highest BCUT2D eigenvalue weighted by molar-refractivity contribution is 6.31. The van der Waals surface area contributed by atoms with Crippen LogP contribution in [0.1, 0.15) is 44.6 Å². The van der Waals surface area contributed by atoms with Crippen LogP contribution in [0.15, 0.2) is 24.3 Å². The lowest BCUT2D eigenvalue weighted by Gasteiger charge is -2.36.